The first kappa shape index (κ1) is 16.5. The van der Waals surface area contributed by atoms with E-state index < -0.39 is 16.1 Å². The third-order valence-corrected chi connectivity index (χ3v) is 5.37. The van der Waals surface area contributed by atoms with Crippen molar-refractivity contribution in [3.05, 3.63) is 59.9 Å². The maximum atomic E-state index is 12.7. The highest BCUT2D eigenvalue weighted by atomic mass is 32.2. The lowest BCUT2D eigenvalue weighted by molar-refractivity contribution is 0.401. The summed E-state index contributed by atoms with van der Waals surface area (Å²) in [7, 11) is -2.29. The van der Waals surface area contributed by atoms with Gasteiger partial charge in [0.25, 0.3) is 0 Å². The average Bonchev–Trinajstić information content (AvgIpc) is 2.98. The average molecular weight is 345 g/mol. The predicted octanol–water partition coefficient (Wildman–Crippen LogP) is 3.79. The quantitative estimate of drug-likeness (QED) is 0.764. The second kappa shape index (κ2) is 6.30. The van der Waals surface area contributed by atoms with Crippen LogP contribution in [-0.4, -0.2) is 15.5 Å². The Morgan fingerprint density at radius 2 is 1.88 bits per heavy atom. The minimum Gasteiger partial charge on any atom is -0.495 e. The summed E-state index contributed by atoms with van der Waals surface area (Å²) < 4.78 is 39.0. The Morgan fingerprint density at radius 3 is 2.58 bits per heavy atom. The van der Waals surface area contributed by atoms with Gasteiger partial charge < -0.3 is 9.15 Å². The van der Waals surface area contributed by atoms with Crippen LogP contribution >= 0.6 is 0 Å². The molecule has 126 valence electrons. The first-order chi connectivity index (χ1) is 11.4. The molecule has 0 aliphatic rings. The number of benzene rings is 2. The maximum absolute atomic E-state index is 12.7. The third-order valence-electron chi connectivity index (χ3n) is 3.81. The van der Waals surface area contributed by atoms with E-state index in [1.54, 1.807) is 25.1 Å². The van der Waals surface area contributed by atoms with E-state index in [1.807, 2.05) is 37.3 Å². The number of hydrogen-bond acceptors (Lipinski definition) is 4. The van der Waals surface area contributed by atoms with E-state index in [-0.39, 0.29) is 4.90 Å². The number of para-hydroxylation sites is 1. The molecular formula is C18H19NO4S. The fourth-order valence-corrected chi connectivity index (χ4v) is 4.03. The SMILES string of the molecule is COc1ccc(C)cc1S(=O)(=O)N[C@H](C)c1cc2ccccc2o1. The topological polar surface area (TPSA) is 68.5 Å². The van der Waals surface area contributed by atoms with Crippen molar-refractivity contribution >= 4 is 21.0 Å². The summed E-state index contributed by atoms with van der Waals surface area (Å²) in [5, 5.41) is 0.937. The van der Waals surface area contributed by atoms with Crippen LogP contribution in [-0.2, 0) is 10.0 Å². The van der Waals surface area contributed by atoms with Crippen LogP contribution in [0, 0.1) is 6.92 Å². The number of sulfonamides is 1. The lowest BCUT2D eigenvalue weighted by atomic mass is 10.2. The van der Waals surface area contributed by atoms with E-state index in [1.165, 1.54) is 7.11 Å². The van der Waals surface area contributed by atoms with Gasteiger partial charge in [0, 0.05) is 5.39 Å². The zero-order valence-electron chi connectivity index (χ0n) is 13.7. The van der Waals surface area contributed by atoms with E-state index >= 15 is 0 Å². The van der Waals surface area contributed by atoms with E-state index in [9.17, 15) is 8.42 Å². The van der Waals surface area contributed by atoms with Gasteiger partial charge in [-0.05, 0) is 43.7 Å². The van der Waals surface area contributed by atoms with Crippen molar-refractivity contribution in [3.63, 3.8) is 0 Å². The summed E-state index contributed by atoms with van der Waals surface area (Å²) in [5.41, 5.74) is 1.57. The Bertz CT molecular complexity index is 943. The molecule has 5 nitrogen and oxygen atoms in total. The van der Waals surface area contributed by atoms with E-state index in [2.05, 4.69) is 4.72 Å². The molecule has 2 aromatic carbocycles. The Morgan fingerprint density at radius 1 is 1.12 bits per heavy atom. The van der Waals surface area contributed by atoms with Gasteiger partial charge in [0.2, 0.25) is 10.0 Å². The van der Waals surface area contributed by atoms with Crippen LogP contribution in [0.15, 0.2) is 57.8 Å². The van der Waals surface area contributed by atoms with Crippen molar-refractivity contribution in [2.75, 3.05) is 7.11 Å². The fourth-order valence-electron chi connectivity index (χ4n) is 2.56. The monoisotopic (exact) mass is 345 g/mol. The molecule has 0 spiro atoms. The van der Waals surface area contributed by atoms with Crippen molar-refractivity contribution in [3.8, 4) is 5.75 Å². The van der Waals surface area contributed by atoms with E-state index in [4.69, 9.17) is 9.15 Å². The van der Waals surface area contributed by atoms with Crippen LogP contribution in [0.25, 0.3) is 11.0 Å². The maximum Gasteiger partial charge on any atom is 0.244 e. The molecule has 0 fully saturated rings. The molecule has 1 N–H and O–H groups in total. The lowest BCUT2D eigenvalue weighted by Gasteiger charge is -2.14. The number of fused-ring (bicyclic) bond motifs is 1. The van der Waals surface area contributed by atoms with E-state index in [0.29, 0.717) is 11.5 Å². The van der Waals surface area contributed by atoms with Crippen molar-refractivity contribution in [2.45, 2.75) is 24.8 Å². The Kier molecular flexibility index (Phi) is 4.34. The number of hydrogen-bond donors (Lipinski definition) is 1. The highest BCUT2D eigenvalue weighted by Gasteiger charge is 2.24. The van der Waals surface area contributed by atoms with Crippen LogP contribution in [0.2, 0.25) is 0 Å². The second-order valence-electron chi connectivity index (χ2n) is 5.68. The van der Waals surface area contributed by atoms with Gasteiger partial charge in [-0.25, -0.2) is 13.1 Å². The zero-order chi connectivity index (χ0) is 17.3. The molecule has 1 aromatic heterocycles. The molecule has 0 aliphatic carbocycles. The van der Waals surface area contributed by atoms with Crippen molar-refractivity contribution in [1.82, 2.24) is 4.72 Å². The molecule has 0 radical (unpaired) electrons. The molecule has 0 saturated heterocycles. The molecule has 0 aliphatic heterocycles. The van der Waals surface area contributed by atoms with Crippen LogP contribution < -0.4 is 9.46 Å². The second-order valence-corrected chi connectivity index (χ2v) is 7.37. The Labute approximate surface area is 141 Å². The van der Waals surface area contributed by atoms with Crippen molar-refractivity contribution in [1.29, 1.82) is 0 Å². The van der Waals surface area contributed by atoms with Crippen LogP contribution in [0.1, 0.15) is 24.3 Å². The molecular weight excluding hydrogens is 326 g/mol. The highest BCUT2D eigenvalue weighted by Crippen LogP contribution is 2.28. The summed E-state index contributed by atoms with van der Waals surface area (Å²) in [6.07, 6.45) is 0. The summed E-state index contributed by atoms with van der Waals surface area (Å²) >= 11 is 0. The fraction of sp³-hybridized carbons (Fsp3) is 0.222. The van der Waals surface area contributed by atoms with E-state index in [0.717, 1.165) is 16.5 Å². The minimum absolute atomic E-state index is 0.118. The van der Waals surface area contributed by atoms with Gasteiger partial charge >= 0.3 is 0 Å². The standard InChI is InChI=1S/C18H19NO4S/c1-12-8-9-16(22-3)18(10-12)24(20,21)19-13(2)17-11-14-6-4-5-7-15(14)23-17/h4-11,13,19H,1-3H3/t13-/m1/s1. The van der Waals surface area contributed by atoms with Crippen LogP contribution in [0.5, 0.6) is 5.75 Å². The number of methoxy groups -OCH3 is 1. The molecule has 3 rings (SSSR count). The largest absolute Gasteiger partial charge is 0.495 e. The Hall–Kier alpha value is -2.31. The van der Waals surface area contributed by atoms with Crippen LogP contribution in [0.3, 0.4) is 0 Å². The molecule has 0 amide bonds. The lowest BCUT2D eigenvalue weighted by Crippen LogP contribution is -2.27. The summed E-state index contributed by atoms with van der Waals surface area (Å²) in [4.78, 5) is 0.118. The van der Waals surface area contributed by atoms with Gasteiger partial charge in [-0.3, -0.25) is 0 Å². The summed E-state index contributed by atoms with van der Waals surface area (Å²) in [6.45, 7) is 3.58. The third kappa shape index (κ3) is 3.16. The molecule has 24 heavy (non-hydrogen) atoms. The van der Waals surface area contributed by atoms with Crippen molar-refractivity contribution < 1.29 is 17.6 Å². The minimum atomic E-state index is -3.75. The number of aryl methyl sites for hydroxylation is 1. The number of nitrogens with one attached hydrogen (secondary N) is 1. The number of furan rings is 1. The van der Waals surface area contributed by atoms with Gasteiger partial charge in [0.15, 0.2) is 0 Å². The predicted molar refractivity (Wildman–Crippen MR) is 92.7 cm³/mol. The first-order valence-corrected chi connectivity index (χ1v) is 9.04. The van der Waals surface area contributed by atoms with Crippen molar-refractivity contribution in [2.24, 2.45) is 0 Å². The van der Waals surface area contributed by atoms with Crippen LogP contribution in [0.4, 0.5) is 0 Å². The van der Waals surface area contributed by atoms with Gasteiger partial charge in [0.05, 0.1) is 13.2 Å². The smallest absolute Gasteiger partial charge is 0.244 e. The molecule has 0 unspecified atom stereocenters. The van der Waals surface area contributed by atoms with Gasteiger partial charge in [-0.1, -0.05) is 24.3 Å². The normalized spacial score (nSPS) is 13.1. The first-order valence-electron chi connectivity index (χ1n) is 7.56. The molecule has 0 bridgehead atoms. The Balaban J connectivity index is 1.92. The molecule has 1 atom stereocenters. The summed E-state index contributed by atoms with van der Waals surface area (Å²) in [5.74, 6) is 0.872. The zero-order valence-corrected chi connectivity index (χ0v) is 14.6. The van der Waals surface area contributed by atoms with Gasteiger partial charge in [-0.2, -0.15) is 0 Å². The highest BCUT2D eigenvalue weighted by molar-refractivity contribution is 7.89. The number of ether oxygens (including phenoxy) is 1. The summed E-state index contributed by atoms with van der Waals surface area (Å²) in [6, 6.07) is 13.9. The molecule has 3 aromatic rings. The molecule has 0 saturated carbocycles. The number of rotatable bonds is 5. The van der Waals surface area contributed by atoms with Gasteiger partial charge in [0.1, 0.15) is 22.0 Å². The molecule has 6 heteroatoms. The molecule has 1 heterocycles. The van der Waals surface area contributed by atoms with Gasteiger partial charge in [-0.15, -0.1) is 0 Å².